The lowest BCUT2D eigenvalue weighted by Crippen LogP contribution is -2.26. The van der Waals surface area contributed by atoms with Gasteiger partial charge < -0.3 is 9.13 Å². The van der Waals surface area contributed by atoms with Crippen molar-refractivity contribution in [1.29, 1.82) is 0 Å². The van der Waals surface area contributed by atoms with Gasteiger partial charge in [0.1, 0.15) is 0 Å². The number of carbonyl (C=O) groups is 1. The third-order valence-electron chi connectivity index (χ3n) is 5.22. The smallest absolute Gasteiger partial charge is 0.250 e. The Morgan fingerprint density at radius 3 is 2.32 bits per heavy atom. The predicted octanol–water partition coefficient (Wildman–Crippen LogP) is 4.50. The molecule has 0 unspecified atom stereocenters. The zero-order valence-electron chi connectivity index (χ0n) is 17.3. The third kappa shape index (κ3) is 4.16. The molecule has 3 aromatic rings. The molecular formula is C24H28N2O2. The van der Waals surface area contributed by atoms with E-state index in [1.807, 2.05) is 50.4 Å². The SMILES string of the molecule is Cc1cc(C(=O)Cn2cc(C(C)(C)C)ccc2=O)c(C)n1Cc1ccccc1. The van der Waals surface area contributed by atoms with Gasteiger partial charge in [-0.05, 0) is 36.5 Å². The van der Waals surface area contributed by atoms with Crippen LogP contribution in [0.4, 0.5) is 0 Å². The topological polar surface area (TPSA) is 44.0 Å². The van der Waals surface area contributed by atoms with Crippen molar-refractivity contribution in [1.82, 2.24) is 9.13 Å². The summed E-state index contributed by atoms with van der Waals surface area (Å²) in [6.07, 6.45) is 1.81. The molecular weight excluding hydrogens is 348 g/mol. The number of hydrogen-bond donors (Lipinski definition) is 0. The van der Waals surface area contributed by atoms with Gasteiger partial charge in [0.25, 0.3) is 5.56 Å². The quantitative estimate of drug-likeness (QED) is 0.616. The molecule has 1 aromatic carbocycles. The number of benzene rings is 1. The molecule has 0 aliphatic rings. The summed E-state index contributed by atoms with van der Waals surface area (Å²) >= 11 is 0. The Morgan fingerprint density at radius 1 is 1.00 bits per heavy atom. The van der Waals surface area contributed by atoms with Crippen LogP contribution < -0.4 is 5.56 Å². The summed E-state index contributed by atoms with van der Waals surface area (Å²) in [5.74, 6) is -0.0411. The van der Waals surface area contributed by atoms with Crippen molar-refractivity contribution in [2.24, 2.45) is 0 Å². The zero-order valence-corrected chi connectivity index (χ0v) is 17.3. The molecule has 28 heavy (non-hydrogen) atoms. The van der Waals surface area contributed by atoms with Crippen molar-refractivity contribution in [3.8, 4) is 0 Å². The normalized spacial score (nSPS) is 11.6. The minimum absolute atomic E-state index is 0.0411. The van der Waals surface area contributed by atoms with Gasteiger partial charge in [-0.15, -0.1) is 0 Å². The van der Waals surface area contributed by atoms with Gasteiger partial charge in [0.05, 0.1) is 6.54 Å². The Labute approximate surface area is 166 Å². The van der Waals surface area contributed by atoms with E-state index in [0.29, 0.717) is 5.56 Å². The van der Waals surface area contributed by atoms with Gasteiger partial charge in [-0.25, -0.2) is 0 Å². The molecule has 0 saturated heterocycles. The number of aromatic nitrogens is 2. The molecule has 0 aliphatic heterocycles. The molecule has 3 rings (SSSR count). The van der Waals surface area contributed by atoms with E-state index >= 15 is 0 Å². The van der Waals surface area contributed by atoms with Crippen LogP contribution in [0, 0.1) is 13.8 Å². The minimum Gasteiger partial charge on any atom is -0.344 e. The molecule has 146 valence electrons. The summed E-state index contributed by atoms with van der Waals surface area (Å²) in [6.45, 7) is 11.0. The summed E-state index contributed by atoms with van der Waals surface area (Å²) in [5.41, 5.74) is 4.66. The van der Waals surface area contributed by atoms with Crippen LogP contribution in [-0.2, 0) is 18.5 Å². The molecule has 0 saturated carbocycles. The lowest BCUT2D eigenvalue weighted by Gasteiger charge is -2.20. The Kier molecular flexibility index (Phi) is 5.41. The maximum absolute atomic E-state index is 13.0. The summed E-state index contributed by atoms with van der Waals surface area (Å²) in [4.78, 5) is 25.3. The van der Waals surface area contributed by atoms with Crippen LogP contribution in [0.1, 0.15) is 53.6 Å². The largest absolute Gasteiger partial charge is 0.344 e. The van der Waals surface area contributed by atoms with Gasteiger partial charge in [0, 0.05) is 35.8 Å². The van der Waals surface area contributed by atoms with E-state index in [0.717, 1.165) is 23.5 Å². The lowest BCUT2D eigenvalue weighted by molar-refractivity contribution is 0.0970. The van der Waals surface area contributed by atoms with E-state index in [1.165, 1.54) is 10.1 Å². The minimum atomic E-state index is -0.153. The molecule has 0 atom stereocenters. The summed E-state index contributed by atoms with van der Waals surface area (Å²) in [6, 6.07) is 15.5. The molecule has 0 bridgehead atoms. The number of Topliss-reactive ketones (excluding diaryl/α,β-unsaturated/α-hetero) is 1. The van der Waals surface area contributed by atoms with Gasteiger partial charge in [0.15, 0.2) is 5.78 Å². The number of carbonyl (C=O) groups excluding carboxylic acids is 1. The fourth-order valence-corrected chi connectivity index (χ4v) is 3.43. The first-order chi connectivity index (χ1) is 13.2. The van der Waals surface area contributed by atoms with Gasteiger partial charge in [-0.1, -0.05) is 57.2 Å². The van der Waals surface area contributed by atoms with Crippen LogP contribution >= 0.6 is 0 Å². The Bertz CT molecular complexity index is 1050. The second-order valence-electron chi connectivity index (χ2n) is 8.41. The van der Waals surface area contributed by atoms with Crippen LogP contribution in [0.5, 0.6) is 0 Å². The Balaban J connectivity index is 1.88. The van der Waals surface area contributed by atoms with E-state index in [4.69, 9.17) is 0 Å². The highest BCUT2D eigenvalue weighted by atomic mass is 16.1. The monoisotopic (exact) mass is 376 g/mol. The van der Waals surface area contributed by atoms with Crippen LogP contribution in [0.25, 0.3) is 0 Å². The summed E-state index contributed by atoms with van der Waals surface area (Å²) in [5, 5.41) is 0. The number of ketones is 1. The molecule has 2 heterocycles. The van der Waals surface area contributed by atoms with Crippen molar-refractivity contribution < 1.29 is 4.79 Å². The Hall–Kier alpha value is -2.88. The highest BCUT2D eigenvalue weighted by molar-refractivity contribution is 5.97. The number of pyridine rings is 1. The van der Waals surface area contributed by atoms with Crippen molar-refractivity contribution in [2.75, 3.05) is 0 Å². The highest BCUT2D eigenvalue weighted by Crippen LogP contribution is 2.21. The molecule has 0 spiro atoms. The maximum atomic E-state index is 13.0. The second kappa shape index (κ2) is 7.63. The predicted molar refractivity (Wildman–Crippen MR) is 113 cm³/mol. The standard InChI is InChI=1S/C24H28N2O2/c1-17-13-21(18(2)26(17)14-19-9-7-6-8-10-19)22(27)16-25-15-20(24(3,4)5)11-12-23(25)28/h6-13,15H,14,16H2,1-5H3. The molecule has 0 radical (unpaired) electrons. The molecule has 0 N–H and O–H groups in total. The first-order valence-corrected chi connectivity index (χ1v) is 9.61. The van der Waals surface area contributed by atoms with E-state index < -0.39 is 0 Å². The second-order valence-corrected chi connectivity index (χ2v) is 8.41. The van der Waals surface area contributed by atoms with Crippen LogP contribution in [-0.4, -0.2) is 14.9 Å². The van der Waals surface area contributed by atoms with Crippen LogP contribution in [0.3, 0.4) is 0 Å². The lowest BCUT2D eigenvalue weighted by atomic mass is 9.88. The average Bonchev–Trinajstić information content (AvgIpc) is 2.92. The Morgan fingerprint density at radius 2 is 1.68 bits per heavy atom. The molecule has 4 heteroatoms. The van der Waals surface area contributed by atoms with Gasteiger partial charge in [0.2, 0.25) is 0 Å². The van der Waals surface area contributed by atoms with Gasteiger partial charge in [-0.3, -0.25) is 9.59 Å². The van der Waals surface area contributed by atoms with Crippen molar-refractivity contribution >= 4 is 5.78 Å². The fraction of sp³-hybridized carbons (Fsp3) is 0.333. The number of rotatable bonds is 5. The molecule has 0 aliphatic carbocycles. The first-order valence-electron chi connectivity index (χ1n) is 9.61. The molecule has 0 fully saturated rings. The summed E-state index contributed by atoms with van der Waals surface area (Å²) < 4.78 is 3.67. The van der Waals surface area contributed by atoms with Crippen LogP contribution in [0.15, 0.2) is 59.5 Å². The first kappa shape index (κ1) is 19.9. The van der Waals surface area contributed by atoms with Crippen molar-refractivity contribution in [2.45, 2.75) is 53.1 Å². The molecule has 4 nitrogen and oxygen atoms in total. The number of aryl methyl sites for hydroxylation is 1. The molecule has 2 aromatic heterocycles. The van der Waals surface area contributed by atoms with E-state index in [9.17, 15) is 9.59 Å². The van der Waals surface area contributed by atoms with E-state index in [1.54, 1.807) is 6.07 Å². The van der Waals surface area contributed by atoms with Crippen molar-refractivity contribution in [3.05, 3.63) is 93.2 Å². The van der Waals surface area contributed by atoms with Gasteiger partial charge >= 0.3 is 0 Å². The fourth-order valence-electron chi connectivity index (χ4n) is 3.43. The van der Waals surface area contributed by atoms with E-state index in [2.05, 4.69) is 37.5 Å². The third-order valence-corrected chi connectivity index (χ3v) is 5.22. The molecule has 0 amide bonds. The summed E-state index contributed by atoms with van der Waals surface area (Å²) in [7, 11) is 0. The van der Waals surface area contributed by atoms with Crippen molar-refractivity contribution in [3.63, 3.8) is 0 Å². The number of nitrogens with zero attached hydrogens (tertiary/aromatic N) is 2. The number of hydrogen-bond acceptors (Lipinski definition) is 2. The average molecular weight is 377 g/mol. The highest BCUT2D eigenvalue weighted by Gasteiger charge is 2.19. The van der Waals surface area contributed by atoms with Gasteiger partial charge in [-0.2, -0.15) is 0 Å². The maximum Gasteiger partial charge on any atom is 0.250 e. The van der Waals surface area contributed by atoms with E-state index in [-0.39, 0.29) is 23.3 Å². The van der Waals surface area contributed by atoms with Crippen LogP contribution in [0.2, 0.25) is 0 Å². The zero-order chi connectivity index (χ0) is 20.5.